The third kappa shape index (κ3) is 2.82. The minimum absolute atomic E-state index is 0.0290. The molecule has 1 saturated heterocycles. The molecule has 1 aliphatic rings. The molecule has 0 aromatic heterocycles. The van der Waals surface area contributed by atoms with Crippen LogP contribution in [0, 0.1) is 5.82 Å². The van der Waals surface area contributed by atoms with Gasteiger partial charge in [-0.1, -0.05) is 6.07 Å². The second-order valence-corrected chi connectivity index (χ2v) is 4.63. The average Bonchev–Trinajstić information content (AvgIpc) is 2.29. The standard InChI is InChI=1S/C11H10BrFN2O2/c12-8-3-7(1-2-9(8)13)5-15-6-10(16)14-4-11(15)17/h1-3H,4-6H2,(H,14,16). The molecule has 0 bridgehead atoms. The van der Waals surface area contributed by atoms with Crippen LogP contribution in [0.25, 0.3) is 0 Å². The fraction of sp³-hybridized carbons (Fsp3) is 0.273. The number of amides is 2. The maximum atomic E-state index is 13.0. The highest BCUT2D eigenvalue weighted by Gasteiger charge is 2.22. The van der Waals surface area contributed by atoms with Gasteiger partial charge in [-0.05, 0) is 33.6 Å². The van der Waals surface area contributed by atoms with E-state index in [0.717, 1.165) is 5.56 Å². The molecule has 1 fully saturated rings. The molecule has 0 atom stereocenters. The maximum Gasteiger partial charge on any atom is 0.242 e. The van der Waals surface area contributed by atoms with Crippen molar-refractivity contribution in [3.8, 4) is 0 Å². The summed E-state index contributed by atoms with van der Waals surface area (Å²) in [5.41, 5.74) is 0.779. The fourth-order valence-corrected chi connectivity index (χ4v) is 2.03. The Morgan fingerprint density at radius 2 is 2.18 bits per heavy atom. The van der Waals surface area contributed by atoms with Crippen LogP contribution in [-0.2, 0) is 16.1 Å². The van der Waals surface area contributed by atoms with Crippen LogP contribution in [0.15, 0.2) is 22.7 Å². The van der Waals surface area contributed by atoms with Crippen molar-refractivity contribution in [1.29, 1.82) is 0 Å². The summed E-state index contributed by atoms with van der Waals surface area (Å²) >= 11 is 3.08. The predicted molar refractivity (Wildman–Crippen MR) is 62.5 cm³/mol. The number of hydrogen-bond acceptors (Lipinski definition) is 2. The third-order valence-corrected chi connectivity index (χ3v) is 3.09. The van der Waals surface area contributed by atoms with Crippen LogP contribution in [0.2, 0.25) is 0 Å². The van der Waals surface area contributed by atoms with Crippen LogP contribution in [-0.4, -0.2) is 29.8 Å². The predicted octanol–water partition coefficient (Wildman–Crippen LogP) is 1.05. The Bertz CT molecular complexity index is 479. The number of carbonyl (C=O) groups is 2. The Balaban J connectivity index is 2.11. The Hall–Kier alpha value is -1.43. The smallest absolute Gasteiger partial charge is 0.242 e. The lowest BCUT2D eigenvalue weighted by molar-refractivity contribution is -0.141. The van der Waals surface area contributed by atoms with Gasteiger partial charge in [-0.2, -0.15) is 0 Å². The number of rotatable bonds is 2. The molecule has 17 heavy (non-hydrogen) atoms. The number of piperazine rings is 1. The Labute approximate surface area is 106 Å². The van der Waals surface area contributed by atoms with E-state index in [9.17, 15) is 14.0 Å². The summed E-state index contributed by atoms with van der Waals surface area (Å²) in [6, 6.07) is 4.53. The van der Waals surface area contributed by atoms with Gasteiger partial charge in [-0.25, -0.2) is 4.39 Å². The van der Waals surface area contributed by atoms with E-state index < -0.39 is 0 Å². The van der Waals surface area contributed by atoms with Crippen molar-refractivity contribution in [1.82, 2.24) is 10.2 Å². The van der Waals surface area contributed by atoms with Crippen LogP contribution in [0.1, 0.15) is 5.56 Å². The summed E-state index contributed by atoms with van der Waals surface area (Å²) in [5, 5.41) is 2.47. The lowest BCUT2D eigenvalue weighted by Crippen LogP contribution is -2.50. The molecule has 1 aromatic rings. The molecule has 1 aliphatic heterocycles. The molecular weight excluding hydrogens is 291 g/mol. The second-order valence-electron chi connectivity index (χ2n) is 3.77. The molecule has 0 saturated carbocycles. The van der Waals surface area contributed by atoms with E-state index in [0.29, 0.717) is 11.0 Å². The molecular formula is C11H10BrFN2O2. The maximum absolute atomic E-state index is 13.0. The van der Waals surface area contributed by atoms with Crippen molar-refractivity contribution in [2.24, 2.45) is 0 Å². The first-order chi connectivity index (χ1) is 8.06. The van der Waals surface area contributed by atoms with Gasteiger partial charge in [0.15, 0.2) is 0 Å². The summed E-state index contributed by atoms with van der Waals surface area (Å²) in [6.07, 6.45) is 0. The third-order valence-electron chi connectivity index (χ3n) is 2.48. The zero-order chi connectivity index (χ0) is 12.4. The Morgan fingerprint density at radius 1 is 1.41 bits per heavy atom. The van der Waals surface area contributed by atoms with Crippen LogP contribution in [0.4, 0.5) is 4.39 Å². The number of nitrogens with zero attached hydrogens (tertiary/aromatic N) is 1. The number of halogens is 2. The quantitative estimate of drug-likeness (QED) is 0.887. The van der Waals surface area contributed by atoms with Crippen molar-refractivity contribution in [3.05, 3.63) is 34.1 Å². The molecule has 6 heteroatoms. The van der Waals surface area contributed by atoms with Gasteiger partial charge in [0.25, 0.3) is 0 Å². The number of hydrogen-bond donors (Lipinski definition) is 1. The van der Waals surface area contributed by atoms with Crippen molar-refractivity contribution in [2.75, 3.05) is 13.1 Å². The number of carbonyl (C=O) groups excluding carboxylic acids is 2. The molecule has 4 nitrogen and oxygen atoms in total. The van der Waals surface area contributed by atoms with E-state index in [1.54, 1.807) is 12.1 Å². The van der Waals surface area contributed by atoms with E-state index in [2.05, 4.69) is 21.2 Å². The minimum Gasteiger partial charge on any atom is -0.345 e. The van der Waals surface area contributed by atoms with E-state index >= 15 is 0 Å². The highest BCUT2D eigenvalue weighted by molar-refractivity contribution is 9.10. The molecule has 2 amide bonds. The normalized spacial score (nSPS) is 16.0. The SMILES string of the molecule is O=C1CN(Cc2ccc(F)c(Br)c2)C(=O)CN1. The van der Waals surface area contributed by atoms with Crippen molar-refractivity contribution < 1.29 is 14.0 Å². The van der Waals surface area contributed by atoms with E-state index in [4.69, 9.17) is 0 Å². The zero-order valence-electron chi connectivity index (χ0n) is 8.87. The van der Waals surface area contributed by atoms with E-state index in [-0.39, 0.29) is 30.7 Å². The first-order valence-corrected chi connectivity index (χ1v) is 5.84. The average molecular weight is 301 g/mol. The molecule has 90 valence electrons. The molecule has 2 rings (SSSR count). The van der Waals surface area contributed by atoms with Gasteiger partial charge < -0.3 is 10.2 Å². The molecule has 0 radical (unpaired) electrons. The molecule has 0 spiro atoms. The minimum atomic E-state index is -0.350. The lowest BCUT2D eigenvalue weighted by atomic mass is 10.2. The van der Waals surface area contributed by atoms with Crippen LogP contribution >= 0.6 is 15.9 Å². The van der Waals surface area contributed by atoms with Gasteiger partial charge in [-0.15, -0.1) is 0 Å². The molecule has 1 aromatic carbocycles. The Morgan fingerprint density at radius 3 is 2.88 bits per heavy atom. The van der Waals surface area contributed by atoms with E-state index in [1.807, 2.05) is 0 Å². The Kier molecular flexibility index (Phi) is 3.42. The fourth-order valence-electron chi connectivity index (χ4n) is 1.61. The van der Waals surface area contributed by atoms with Gasteiger partial charge in [0.1, 0.15) is 5.82 Å². The van der Waals surface area contributed by atoms with Crippen molar-refractivity contribution in [2.45, 2.75) is 6.54 Å². The topological polar surface area (TPSA) is 49.4 Å². The summed E-state index contributed by atoms with van der Waals surface area (Å²) in [5.74, 6) is -0.660. The van der Waals surface area contributed by atoms with Crippen molar-refractivity contribution >= 4 is 27.7 Å². The van der Waals surface area contributed by atoms with Gasteiger partial charge >= 0.3 is 0 Å². The summed E-state index contributed by atoms with van der Waals surface area (Å²) in [4.78, 5) is 24.1. The number of nitrogens with one attached hydrogen (secondary N) is 1. The highest BCUT2D eigenvalue weighted by Crippen LogP contribution is 2.18. The van der Waals surface area contributed by atoms with Crippen molar-refractivity contribution in [3.63, 3.8) is 0 Å². The summed E-state index contributed by atoms with van der Waals surface area (Å²) < 4.78 is 13.4. The van der Waals surface area contributed by atoms with Gasteiger partial charge in [-0.3, -0.25) is 9.59 Å². The van der Waals surface area contributed by atoms with Gasteiger partial charge in [0, 0.05) is 6.54 Å². The van der Waals surface area contributed by atoms with Crippen LogP contribution < -0.4 is 5.32 Å². The monoisotopic (exact) mass is 300 g/mol. The van der Waals surface area contributed by atoms with Crippen LogP contribution in [0.5, 0.6) is 0 Å². The van der Waals surface area contributed by atoms with Crippen LogP contribution in [0.3, 0.4) is 0 Å². The summed E-state index contributed by atoms with van der Waals surface area (Å²) in [6.45, 7) is 0.389. The second kappa shape index (κ2) is 4.83. The largest absolute Gasteiger partial charge is 0.345 e. The highest BCUT2D eigenvalue weighted by atomic mass is 79.9. The molecule has 0 aliphatic carbocycles. The van der Waals surface area contributed by atoms with Gasteiger partial charge in [0.05, 0.1) is 17.6 Å². The van der Waals surface area contributed by atoms with E-state index in [1.165, 1.54) is 11.0 Å². The summed E-state index contributed by atoms with van der Waals surface area (Å²) in [7, 11) is 0. The van der Waals surface area contributed by atoms with Gasteiger partial charge in [0.2, 0.25) is 11.8 Å². The molecule has 1 N–H and O–H groups in total. The number of benzene rings is 1. The first-order valence-electron chi connectivity index (χ1n) is 5.04. The zero-order valence-corrected chi connectivity index (χ0v) is 10.5. The molecule has 0 unspecified atom stereocenters. The first kappa shape index (κ1) is 12.0. The lowest BCUT2D eigenvalue weighted by Gasteiger charge is -2.26. The molecule has 1 heterocycles.